The lowest BCUT2D eigenvalue weighted by Gasteiger charge is -2.18. The summed E-state index contributed by atoms with van der Waals surface area (Å²) >= 11 is 11.8. The number of amides is 1. The Balaban J connectivity index is 2.28. The molecule has 0 saturated carbocycles. The molecule has 0 spiro atoms. The molecule has 0 aliphatic heterocycles. The van der Waals surface area contributed by atoms with Crippen molar-refractivity contribution in [3.05, 3.63) is 68.2 Å². The van der Waals surface area contributed by atoms with Crippen molar-refractivity contribution in [1.82, 2.24) is 0 Å². The first-order valence-electron chi connectivity index (χ1n) is 5.87. The van der Waals surface area contributed by atoms with Gasteiger partial charge in [0.15, 0.2) is 0 Å². The van der Waals surface area contributed by atoms with Gasteiger partial charge in [-0.3, -0.25) is 14.9 Å². The van der Waals surface area contributed by atoms with Crippen LogP contribution in [0.4, 0.5) is 11.4 Å². The van der Waals surface area contributed by atoms with Crippen molar-refractivity contribution in [3.8, 4) is 0 Å². The fourth-order valence-corrected chi connectivity index (χ4v) is 2.28. The zero-order chi connectivity index (χ0) is 15.6. The molecule has 0 unspecified atom stereocenters. The second-order valence-corrected chi connectivity index (χ2v) is 5.17. The summed E-state index contributed by atoms with van der Waals surface area (Å²) in [6.45, 7) is 0. The van der Waals surface area contributed by atoms with Crippen LogP contribution in [0.25, 0.3) is 0 Å². The van der Waals surface area contributed by atoms with Crippen molar-refractivity contribution in [2.24, 2.45) is 0 Å². The molecule has 21 heavy (non-hydrogen) atoms. The predicted molar refractivity (Wildman–Crippen MR) is 82.3 cm³/mol. The van der Waals surface area contributed by atoms with E-state index < -0.39 is 4.92 Å². The van der Waals surface area contributed by atoms with Gasteiger partial charge in [0.25, 0.3) is 11.6 Å². The number of halogens is 2. The van der Waals surface area contributed by atoms with Crippen molar-refractivity contribution in [3.63, 3.8) is 0 Å². The van der Waals surface area contributed by atoms with E-state index in [0.29, 0.717) is 21.3 Å². The number of carbonyl (C=O) groups is 1. The summed E-state index contributed by atoms with van der Waals surface area (Å²) in [6, 6.07) is 10.2. The molecule has 1 amide bonds. The van der Waals surface area contributed by atoms with Crippen molar-refractivity contribution in [2.45, 2.75) is 0 Å². The highest BCUT2D eigenvalue weighted by Gasteiger charge is 2.15. The molecule has 108 valence electrons. The lowest BCUT2D eigenvalue weighted by atomic mass is 10.1. The maximum Gasteiger partial charge on any atom is 0.269 e. The summed E-state index contributed by atoms with van der Waals surface area (Å²) in [4.78, 5) is 23.8. The van der Waals surface area contributed by atoms with E-state index in [1.54, 1.807) is 25.2 Å². The fourth-order valence-electron chi connectivity index (χ4n) is 1.77. The van der Waals surface area contributed by atoms with E-state index in [-0.39, 0.29) is 11.6 Å². The van der Waals surface area contributed by atoms with E-state index in [0.717, 1.165) is 0 Å². The average Bonchev–Trinajstić information content (AvgIpc) is 2.44. The molecule has 0 bridgehead atoms. The Bertz CT molecular complexity index is 682. The maximum absolute atomic E-state index is 12.3. The normalized spacial score (nSPS) is 10.2. The Morgan fingerprint density at radius 1 is 1.10 bits per heavy atom. The van der Waals surface area contributed by atoms with Crippen LogP contribution in [-0.4, -0.2) is 17.9 Å². The molecule has 0 N–H and O–H groups in total. The number of hydrogen-bond donors (Lipinski definition) is 0. The van der Waals surface area contributed by atoms with Crippen LogP contribution in [0.5, 0.6) is 0 Å². The highest BCUT2D eigenvalue weighted by molar-refractivity contribution is 6.35. The van der Waals surface area contributed by atoms with Gasteiger partial charge in [-0.15, -0.1) is 0 Å². The van der Waals surface area contributed by atoms with Gasteiger partial charge < -0.3 is 4.90 Å². The van der Waals surface area contributed by atoms with Gasteiger partial charge >= 0.3 is 0 Å². The summed E-state index contributed by atoms with van der Waals surface area (Å²) in [7, 11) is 1.58. The number of benzene rings is 2. The Hall–Kier alpha value is -2.11. The third kappa shape index (κ3) is 3.51. The molecule has 2 aromatic carbocycles. The molecule has 2 aromatic rings. The Morgan fingerprint density at radius 3 is 2.10 bits per heavy atom. The summed E-state index contributed by atoms with van der Waals surface area (Å²) < 4.78 is 0. The van der Waals surface area contributed by atoms with E-state index >= 15 is 0 Å². The van der Waals surface area contributed by atoms with E-state index in [2.05, 4.69) is 0 Å². The van der Waals surface area contributed by atoms with Crippen LogP contribution in [0.15, 0.2) is 42.5 Å². The minimum absolute atomic E-state index is 0.0694. The lowest BCUT2D eigenvalue weighted by Crippen LogP contribution is -2.26. The van der Waals surface area contributed by atoms with Crippen LogP contribution in [0, 0.1) is 10.1 Å². The Labute approximate surface area is 130 Å². The van der Waals surface area contributed by atoms with Crippen molar-refractivity contribution < 1.29 is 9.72 Å². The maximum atomic E-state index is 12.3. The summed E-state index contributed by atoms with van der Waals surface area (Å²) in [5.74, 6) is -0.316. The van der Waals surface area contributed by atoms with Gasteiger partial charge in [0.2, 0.25) is 0 Å². The first-order valence-corrected chi connectivity index (χ1v) is 6.62. The molecule has 0 aliphatic carbocycles. The molecule has 7 heteroatoms. The molecule has 0 atom stereocenters. The van der Waals surface area contributed by atoms with Crippen LogP contribution < -0.4 is 4.90 Å². The van der Waals surface area contributed by atoms with Gasteiger partial charge in [-0.2, -0.15) is 0 Å². The molecule has 0 saturated heterocycles. The number of carbonyl (C=O) groups excluding carboxylic acids is 1. The Morgan fingerprint density at radius 2 is 1.62 bits per heavy atom. The monoisotopic (exact) mass is 324 g/mol. The SMILES string of the molecule is CN(C(=O)c1ccc([N+](=O)[O-])cc1)c1cc(Cl)cc(Cl)c1. The third-order valence-electron chi connectivity index (χ3n) is 2.86. The van der Waals surface area contributed by atoms with Gasteiger partial charge in [-0.25, -0.2) is 0 Å². The first-order chi connectivity index (χ1) is 9.88. The lowest BCUT2D eigenvalue weighted by molar-refractivity contribution is -0.384. The van der Waals surface area contributed by atoms with Crippen LogP contribution in [0.1, 0.15) is 10.4 Å². The van der Waals surface area contributed by atoms with Crippen LogP contribution in [-0.2, 0) is 0 Å². The molecule has 0 fully saturated rings. The minimum Gasteiger partial charge on any atom is -0.311 e. The van der Waals surface area contributed by atoms with Gasteiger partial charge in [-0.05, 0) is 30.3 Å². The summed E-state index contributed by atoms with van der Waals surface area (Å²) in [5, 5.41) is 11.4. The van der Waals surface area contributed by atoms with Crippen molar-refractivity contribution in [2.75, 3.05) is 11.9 Å². The molecule has 0 aromatic heterocycles. The smallest absolute Gasteiger partial charge is 0.269 e. The number of nitrogens with zero attached hydrogens (tertiary/aromatic N) is 2. The molecule has 5 nitrogen and oxygen atoms in total. The number of anilines is 1. The number of hydrogen-bond acceptors (Lipinski definition) is 3. The largest absolute Gasteiger partial charge is 0.311 e. The zero-order valence-corrected chi connectivity index (χ0v) is 12.4. The van der Waals surface area contributed by atoms with Crippen molar-refractivity contribution in [1.29, 1.82) is 0 Å². The van der Waals surface area contributed by atoms with Gasteiger partial charge in [-0.1, -0.05) is 23.2 Å². The van der Waals surface area contributed by atoms with Gasteiger partial charge in [0, 0.05) is 40.5 Å². The third-order valence-corrected chi connectivity index (χ3v) is 3.30. The van der Waals surface area contributed by atoms with E-state index in [1.807, 2.05) is 0 Å². The molecule has 0 heterocycles. The fraction of sp³-hybridized carbons (Fsp3) is 0.0714. The molecule has 2 rings (SSSR count). The topological polar surface area (TPSA) is 63.5 Å². The highest BCUT2D eigenvalue weighted by Crippen LogP contribution is 2.26. The average molecular weight is 325 g/mol. The second-order valence-electron chi connectivity index (χ2n) is 4.30. The molecular formula is C14H10Cl2N2O3. The molecule has 0 radical (unpaired) electrons. The van der Waals surface area contributed by atoms with Crippen LogP contribution >= 0.6 is 23.2 Å². The van der Waals surface area contributed by atoms with E-state index in [4.69, 9.17) is 23.2 Å². The Kier molecular flexibility index (Phi) is 4.45. The first kappa shape index (κ1) is 15.3. The number of non-ortho nitro benzene ring substituents is 1. The second kappa shape index (κ2) is 6.11. The highest BCUT2D eigenvalue weighted by atomic mass is 35.5. The predicted octanol–water partition coefficient (Wildman–Crippen LogP) is 4.18. The molecular weight excluding hydrogens is 315 g/mol. The van der Waals surface area contributed by atoms with Crippen LogP contribution in [0.2, 0.25) is 10.0 Å². The minimum atomic E-state index is -0.519. The summed E-state index contributed by atoms with van der Waals surface area (Å²) in [5.41, 5.74) is 0.801. The van der Waals surface area contributed by atoms with Crippen molar-refractivity contribution >= 4 is 40.5 Å². The summed E-state index contributed by atoms with van der Waals surface area (Å²) in [6.07, 6.45) is 0. The van der Waals surface area contributed by atoms with Crippen LogP contribution in [0.3, 0.4) is 0 Å². The zero-order valence-electron chi connectivity index (χ0n) is 10.9. The van der Waals surface area contributed by atoms with Gasteiger partial charge in [0.1, 0.15) is 0 Å². The quantitative estimate of drug-likeness (QED) is 0.628. The molecule has 0 aliphatic rings. The number of rotatable bonds is 3. The number of nitro benzene ring substituents is 1. The van der Waals surface area contributed by atoms with E-state index in [9.17, 15) is 14.9 Å². The van der Waals surface area contributed by atoms with Gasteiger partial charge in [0.05, 0.1) is 4.92 Å². The van der Waals surface area contributed by atoms with E-state index in [1.165, 1.54) is 29.2 Å². The number of nitro groups is 1. The standard InChI is InChI=1S/C14H10Cl2N2O3/c1-17(13-7-10(15)6-11(16)8-13)14(19)9-2-4-12(5-3-9)18(20)21/h2-8H,1H3.